The van der Waals surface area contributed by atoms with Gasteiger partial charge >= 0.3 is 0 Å². The molecule has 0 saturated carbocycles. The molecule has 1 amide bonds. The number of likely N-dealkylation sites (tertiary alicyclic amines) is 1. The average Bonchev–Trinajstić information content (AvgIpc) is 2.60. The van der Waals surface area contributed by atoms with Gasteiger partial charge in [-0.1, -0.05) is 24.3 Å². The average molecular weight is 352 g/mol. The number of carbonyl (C=O) groups is 1. The van der Waals surface area contributed by atoms with E-state index in [9.17, 15) is 9.59 Å². The molecule has 1 fully saturated rings. The number of H-pyrrole nitrogens is 1. The fourth-order valence-corrected chi connectivity index (χ4v) is 4.01. The smallest absolute Gasteiger partial charge is 0.261 e. The van der Waals surface area contributed by atoms with Crippen molar-refractivity contribution in [3.05, 3.63) is 68.6 Å². The summed E-state index contributed by atoms with van der Waals surface area (Å²) in [6, 6.07) is 10.4. The van der Waals surface area contributed by atoms with E-state index in [1.54, 1.807) is 0 Å². The van der Waals surface area contributed by atoms with Crippen LogP contribution in [0.15, 0.2) is 35.1 Å². The minimum absolute atomic E-state index is 0.121. The van der Waals surface area contributed by atoms with Gasteiger partial charge in [0.1, 0.15) is 5.56 Å². The summed E-state index contributed by atoms with van der Waals surface area (Å²) in [5.41, 5.74) is 4.31. The second-order valence-electron chi connectivity index (χ2n) is 7.56. The maximum absolute atomic E-state index is 12.9. The summed E-state index contributed by atoms with van der Waals surface area (Å²) in [5.74, 6) is 0.376. The number of aryl methyl sites for hydroxylation is 4. The minimum atomic E-state index is -0.269. The Bertz CT molecular complexity index is 853. The van der Waals surface area contributed by atoms with Crippen LogP contribution >= 0.6 is 0 Å². The maximum atomic E-state index is 12.9. The zero-order chi connectivity index (χ0) is 18.7. The number of aromatic amines is 1. The lowest BCUT2D eigenvalue weighted by molar-refractivity contribution is 0.0665. The summed E-state index contributed by atoms with van der Waals surface area (Å²) in [7, 11) is 0. The van der Waals surface area contributed by atoms with Gasteiger partial charge < -0.3 is 9.88 Å². The largest absolute Gasteiger partial charge is 0.338 e. The van der Waals surface area contributed by atoms with Gasteiger partial charge in [-0.05, 0) is 75.1 Å². The molecule has 1 unspecified atom stereocenters. The van der Waals surface area contributed by atoms with E-state index in [1.807, 2.05) is 24.8 Å². The fourth-order valence-electron chi connectivity index (χ4n) is 4.01. The van der Waals surface area contributed by atoms with E-state index in [2.05, 4.69) is 36.2 Å². The lowest BCUT2D eigenvalue weighted by Crippen LogP contribution is -2.42. The Morgan fingerprint density at radius 2 is 1.96 bits per heavy atom. The van der Waals surface area contributed by atoms with Crippen LogP contribution in [-0.4, -0.2) is 28.9 Å². The summed E-state index contributed by atoms with van der Waals surface area (Å²) in [6.45, 7) is 7.32. The summed E-state index contributed by atoms with van der Waals surface area (Å²) in [5, 5.41) is 0. The molecule has 4 nitrogen and oxygen atoms in total. The highest BCUT2D eigenvalue weighted by Crippen LogP contribution is 2.24. The van der Waals surface area contributed by atoms with Gasteiger partial charge in [0.2, 0.25) is 0 Å². The Morgan fingerprint density at radius 3 is 2.69 bits per heavy atom. The normalized spacial score (nSPS) is 17.3. The van der Waals surface area contributed by atoms with Crippen LogP contribution in [0.5, 0.6) is 0 Å². The van der Waals surface area contributed by atoms with Crippen molar-refractivity contribution in [2.24, 2.45) is 5.92 Å². The van der Waals surface area contributed by atoms with Crippen LogP contribution in [0.4, 0.5) is 0 Å². The Morgan fingerprint density at radius 1 is 1.19 bits per heavy atom. The second-order valence-corrected chi connectivity index (χ2v) is 7.56. The Balaban J connectivity index is 1.68. The summed E-state index contributed by atoms with van der Waals surface area (Å²) in [6.07, 6.45) is 4.28. The third-order valence-corrected chi connectivity index (χ3v) is 5.47. The van der Waals surface area contributed by atoms with Gasteiger partial charge in [-0.3, -0.25) is 9.59 Å². The zero-order valence-electron chi connectivity index (χ0n) is 16.0. The van der Waals surface area contributed by atoms with Crippen LogP contribution in [0.2, 0.25) is 0 Å². The molecule has 0 aliphatic carbocycles. The van der Waals surface area contributed by atoms with Crippen LogP contribution in [-0.2, 0) is 6.42 Å². The maximum Gasteiger partial charge on any atom is 0.261 e. The van der Waals surface area contributed by atoms with Crippen LogP contribution in [0.1, 0.15) is 52.0 Å². The Hall–Kier alpha value is -2.36. The highest BCUT2D eigenvalue weighted by molar-refractivity contribution is 5.95. The standard InChI is InChI=1S/C22H28N2O2/c1-15-7-4-5-9-19(15)11-10-18-8-6-12-24(14-18)22(26)20-16(2)13-17(3)23-21(20)25/h4-5,7,9,13,18H,6,8,10-12,14H2,1-3H3,(H,23,25). The van der Waals surface area contributed by atoms with E-state index >= 15 is 0 Å². The molecule has 2 aromatic rings. The molecule has 1 saturated heterocycles. The summed E-state index contributed by atoms with van der Waals surface area (Å²) in [4.78, 5) is 29.8. The van der Waals surface area contributed by atoms with Crippen molar-refractivity contribution in [1.29, 1.82) is 0 Å². The third-order valence-electron chi connectivity index (χ3n) is 5.47. The van der Waals surface area contributed by atoms with Crippen molar-refractivity contribution in [3.63, 3.8) is 0 Å². The van der Waals surface area contributed by atoms with E-state index in [0.717, 1.165) is 50.0 Å². The number of pyridine rings is 1. The molecule has 2 heterocycles. The van der Waals surface area contributed by atoms with Gasteiger partial charge in [-0.15, -0.1) is 0 Å². The second kappa shape index (κ2) is 7.90. The molecule has 26 heavy (non-hydrogen) atoms. The summed E-state index contributed by atoms with van der Waals surface area (Å²) >= 11 is 0. The number of carbonyl (C=O) groups excluding carboxylic acids is 1. The van der Waals surface area contributed by atoms with Crippen molar-refractivity contribution in [2.75, 3.05) is 13.1 Å². The molecular weight excluding hydrogens is 324 g/mol. The van der Waals surface area contributed by atoms with Crippen molar-refractivity contribution in [2.45, 2.75) is 46.5 Å². The fraction of sp³-hybridized carbons (Fsp3) is 0.455. The molecule has 1 aliphatic rings. The monoisotopic (exact) mass is 352 g/mol. The van der Waals surface area contributed by atoms with Crippen LogP contribution in [0.3, 0.4) is 0 Å². The molecule has 1 aromatic carbocycles. The highest BCUT2D eigenvalue weighted by atomic mass is 16.2. The van der Waals surface area contributed by atoms with E-state index < -0.39 is 0 Å². The minimum Gasteiger partial charge on any atom is -0.338 e. The van der Waals surface area contributed by atoms with Gasteiger partial charge in [0.15, 0.2) is 0 Å². The first kappa shape index (κ1) is 18.4. The first-order valence-electron chi connectivity index (χ1n) is 9.50. The number of rotatable bonds is 4. The molecule has 1 atom stereocenters. The van der Waals surface area contributed by atoms with Gasteiger partial charge in [-0.2, -0.15) is 0 Å². The Kier molecular flexibility index (Phi) is 5.60. The molecule has 0 bridgehead atoms. The number of hydrogen-bond donors (Lipinski definition) is 1. The molecule has 1 aliphatic heterocycles. The lowest BCUT2D eigenvalue weighted by Gasteiger charge is -2.33. The van der Waals surface area contributed by atoms with Crippen molar-refractivity contribution >= 4 is 5.91 Å². The molecular formula is C22H28N2O2. The zero-order valence-corrected chi connectivity index (χ0v) is 16.0. The van der Waals surface area contributed by atoms with Gasteiger partial charge in [0.25, 0.3) is 11.5 Å². The van der Waals surface area contributed by atoms with Crippen LogP contribution < -0.4 is 5.56 Å². The molecule has 3 rings (SSSR count). The highest BCUT2D eigenvalue weighted by Gasteiger charge is 2.27. The lowest BCUT2D eigenvalue weighted by atomic mass is 9.90. The van der Waals surface area contributed by atoms with Crippen molar-refractivity contribution in [3.8, 4) is 0 Å². The number of amides is 1. The number of nitrogens with zero attached hydrogens (tertiary/aromatic N) is 1. The molecule has 1 N–H and O–H groups in total. The van der Waals surface area contributed by atoms with Crippen molar-refractivity contribution < 1.29 is 4.79 Å². The quantitative estimate of drug-likeness (QED) is 0.910. The number of aromatic nitrogens is 1. The van der Waals surface area contributed by atoms with Gasteiger partial charge in [0, 0.05) is 18.8 Å². The number of benzene rings is 1. The first-order chi connectivity index (χ1) is 12.5. The predicted octanol–water partition coefficient (Wildman–Crippen LogP) is 3.79. The van der Waals surface area contributed by atoms with Gasteiger partial charge in [-0.25, -0.2) is 0 Å². The SMILES string of the molecule is Cc1cc(C)c(C(=O)N2CCCC(CCc3ccccc3C)C2)c(=O)[nH]1. The Labute approximate surface area is 155 Å². The third kappa shape index (κ3) is 4.06. The topological polar surface area (TPSA) is 53.2 Å². The predicted molar refractivity (Wildman–Crippen MR) is 105 cm³/mol. The van der Waals surface area contributed by atoms with Crippen LogP contribution in [0, 0.1) is 26.7 Å². The molecule has 1 aromatic heterocycles. The van der Waals surface area contributed by atoms with E-state index in [4.69, 9.17) is 0 Å². The molecule has 0 spiro atoms. The number of hydrogen-bond acceptors (Lipinski definition) is 2. The van der Waals surface area contributed by atoms with Crippen LogP contribution in [0.25, 0.3) is 0 Å². The van der Waals surface area contributed by atoms with E-state index in [1.165, 1.54) is 11.1 Å². The first-order valence-corrected chi connectivity index (χ1v) is 9.50. The molecule has 0 radical (unpaired) electrons. The van der Waals surface area contributed by atoms with E-state index in [-0.39, 0.29) is 11.5 Å². The van der Waals surface area contributed by atoms with Crippen molar-refractivity contribution in [1.82, 2.24) is 9.88 Å². The summed E-state index contributed by atoms with van der Waals surface area (Å²) < 4.78 is 0. The van der Waals surface area contributed by atoms with Gasteiger partial charge in [0.05, 0.1) is 0 Å². The number of nitrogens with one attached hydrogen (secondary N) is 1. The molecule has 4 heteroatoms. The number of piperidine rings is 1. The van der Waals surface area contributed by atoms with E-state index in [0.29, 0.717) is 11.5 Å². The molecule has 138 valence electrons.